The Balaban J connectivity index is 1.64. The molecule has 1 saturated carbocycles. The second-order valence-electron chi connectivity index (χ2n) is 4.69. The number of benzene rings is 1. The minimum absolute atomic E-state index is 0.0764. The lowest BCUT2D eigenvalue weighted by atomic mass is 10.2. The Bertz CT molecular complexity index is 608. The van der Waals surface area contributed by atoms with E-state index in [1.165, 1.54) is 23.1 Å². The van der Waals surface area contributed by atoms with E-state index in [9.17, 15) is 4.79 Å². The number of rotatable bonds is 5. The number of carbonyl (C=O) groups excluding carboxylic acids is 1. The molecule has 3 rings (SSSR count). The smallest absolute Gasteiger partial charge is 0.230 e. The molecule has 104 valence electrons. The molecule has 3 N–H and O–H groups in total. The zero-order chi connectivity index (χ0) is 13.9. The number of carbonyl (C=O) groups is 1. The van der Waals surface area contributed by atoms with Gasteiger partial charge in [-0.05, 0) is 12.8 Å². The summed E-state index contributed by atoms with van der Waals surface area (Å²) >= 11 is 2.88. The molecule has 6 heteroatoms. The number of thioether (sulfide) groups is 1. The van der Waals surface area contributed by atoms with Crippen molar-refractivity contribution in [3.8, 4) is 11.3 Å². The maximum Gasteiger partial charge on any atom is 0.230 e. The van der Waals surface area contributed by atoms with Gasteiger partial charge in [-0.3, -0.25) is 4.79 Å². The van der Waals surface area contributed by atoms with Gasteiger partial charge in [0.15, 0.2) is 4.34 Å². The molecule has 0 radical (unpaired) electrons. The van der Waals surface area contributed by atoms with Crippen LogP contribution in [0.1, 0.15) is 12.8 Å². The molecule has 1 amide bonds. The molecule has 2 aromatic rings. The minimum Gasteiger partial charge on any atom is -0.389 e. The van der Waals surface area contributed by atoms with Crippen LogP contribution in [0.2, 0.25) is 0 Å². The number of amides is 1. The number of nitrogens with one attached hydrogen (secondary N) is 1. The van der Waals surface area contributed by atoms with Crippen LogP contribution in [0.15, 0.2) is 34.7 Å². The number of hydrogen-bond acceptors (Lipinski definition) is 5. The number of anilines is 1. The predicted molar refractivity (Wildman–Crippen MR) is 83.9 cm³/mol. The molecule has 1 fully saturated rings. The normalized spacial score (nSPS) is 14.2. The second-order valence-corrected chi connectivity index (χ2v) is 6.94. The lowest BCUT2D eigenvalue weighted by molar-refractivity contribution is -0.118. The van der Waals surface area contributed by atoms with Crippen LogP contribution in [0.25, 0.3) is 11.3 Å². The number of nitrogen functional groups attached to an aromatic ring is 1. The summed E-state index contributed by atoms with van der Waals surface area (Å²) in [5.74, 6) is 0.477. The van der Waals surface area contributed by atoms with Crippen molar-refractivity contribution in [3.05, 3.63) is 30.3 Å². The Hall–Kier alpha value is -1.53. The average molecular weight is 305 g/mol. The quantitative estimate of drug-likeness (QED) is 0.834. The van der Waals surface area contributed by atoms with Gasteiger partial charge < -0.3 is 11.1 Å². The summed E-state index contributed by atoms with van der Waals surface area (Å²) in [5, 5.41) is 3.66. The molecule has 0 spiro atoms. The van der Waals surface area contributed by atoms with E-state index in [-0.39, 0.29) is 5.91 Å². The zero-order valence-electron chi connectivity index (χ0n) is 10.8. The summed E-state index contributed by atoms with van der Waals surface area (Å²) in [7, 11) is 0. The van der Waals surface area contributed by atoms with Crippen molar-refractivity contribution in [1.82, 2.24) is 10.3 Å². The monoisotopic (exact) mass is 305 g/mol. The molecule has 0 saturated heterocycles. The number of hydrogen-bond donors (Lipinski definition) is 2. The summed E-state index contributed by atoms with van der Waals surface area (Å²) in [6.07, 6.45) is 2.22. The van der Waals surface area contributed by atoms with Gasteiger partial charge >= 0.3 is 0 Å². The van der Waals surface area contributed by atoms with Gasteiger partial charge in [0.05, 0.1) is 5.75 Å². The SMILES string of the molecule is Nc1sc(SCC(=O)NC2CC2)nc1-c1ccccc1. The van der Waals surface area contributed by atoms with E-state index < -0.39 is 0 Å². The van der Waals surface area contributed by atoms with Gasteiger partial charge in [-0.1, -0.05) is 53.4 Å². The van der Waals surface area contributed by atoms with Crippen molar-refractivity contribution in [1.29, 1.82) is 0 Å². The minimum atomic E-state index is 0.0764. The lowest BCUT2D eigenvalue weighted by Gasteiger charge is -2.00. The van der Waals surface area contributed by atoms with Crippen LogP contribution in [0, 0.1) is 0 Å². The molecule has 1 aromatic carbocycles. The average Bonchev–Trinajstić information content (AvgIpc) is 3.18. The first-order valence-corrected chi connectivity index (χ1v) is 8.26. The molecule has 0 unspecified atom stereocenters. The molecule has 0 atom stereocenters. The maximum absolute atomic E-state index is 11.6. The first-order chi connectivity index (χ1) is 9.72. The number of nitrogens with zero attached hydrogens (tertiary/aromatic N) is 1. The van der Waals surface area contributed by atoms with Crippen LogP contribution < -0.4 is 11.1 Å². The number of nitrogens with two attached hydrogens (primary N) is 1. The second kappa shape index (κ2) is 5.85. The van der Waals surface area contributed by atoms with Gasteiger partial charge in [-0.15, -0.1) is 0 Å². The fraction of sp³-hybridized carbons (Fsp3) is 0.286. The van der Waals surface area contributed by atoms with Gasteiger partial charge in [0.1, 0.15) is 10.7 Å². The topological polar surface area (TPSA) is 68.0 Å². The summed E-state index contributed by atoms with van der Waals surface area (Å²) in [5.41, 5.74) is 7.83. The number of aromatic nitrogens is 1. The summed E-state index contributed by atoms with van der Waals surface area (Å²) in [4.78, 5) is 16.2. The molecule has 4 nitrogen and oxygen atoms in total. The van der Waals surface area contributed by atoms with E-state index in [0.717, 1.165) is 28.4 Å². The van der Waals surface area contributed by atoms with Crippen LogP contribution in [0.3, 0.4) is 0 Å². The Labute approximate surface area is 125 Å². The third-order valence-electron chi connectivity index (χ3n) is 2.95. The molecule has 1 aliphatic carbocycles. The summed E-state index contributed by atoms with van der Waals surface area (Å²) < 4.78 is 0.840. The molecule has 1 aromatic heterocycles. The zero-order valence-corrected chi connectivity index (χ0v) is 12.5. The van der Waals surface area contributed by atoms with Crippen molar-refractivity contribution in [2.75, 3.05) is 11.5 Å². The molecular formula is C14H15N3OS2. The van der Waals surface area contributed by atoms with E-state index in [0.29, 0.717) is 16.8 Å². The van der Waals surface area contributed by atoms with Crippen molar-refractivity contribution in [3.63, 3.8) is 0 Å². The van der Waals surface area contributed by atoms with Crippen molar-refractivity contribution >= 4 is 34.0 Å². The lowest BCUT2D eigenvalue weighted by Crippen LogP contribution is -2.26. The van der Waals surface area contributed by atoms with E-state index in [1.807, 2.05) is 30.3 Å². The van der Waals surface area contributed by atoms with Crippen LogP contribution in [0.4, 0.5) is 5.00 Å². The third-order valence-corrected chi connectivity index (χ3v) is 4.98. The van der Waals surface area contributed by atoms with Gasteiger partial charge in [0, 0.05) is 11.6 Å². The number of thiazole rings is 1. The third kappa shape index (κ3) is 3.32. The maximum atomic E-state index is 11.6. The van der Waals surface area contributed by atoms with E-state index >= 15 is 0 Å². The van der Waals surface area contributed by atoms with Crippen molar-refractivity contribution in [2.24, 2.45) is 0 Å². The Morgan fingerprint density at radius 3 is 2.85 bits per heavy atom. The largest absolute Gasteiger partial charge is 0.389 e. The fourth-order valence-corrected chi connectivity index (χ4v) is 3.56. The van der Waals surface area contributed by atoms with E-state index in [1.54, 1.807) is 0 Å². The highest BCUT2D eigenvalue weighted by Gasteiger charge is 2.23. The Morgan fingerprint density at radius 1 is 1.40 bits per heavy atom. The summed E-state index contributed by atoms with van der Waals surface area (Å²) in [6.45, 7) is 0. The molecule has 1 heterocycles. The first kappa shape index (κ1) is 13.5. The fourth-order valence-electron chi connectivity index (χ4n) is 1.80. The van der Waals surface area contributed by atoms with Crippen LogP contribution in [-0.2, 0) is 4.79 Å². The highest BCUT2D eigenvalue weighted by atomic mass is 32.2. The summed E-state index contributed by atoms with van der Waals surface area (Å²) in [6, 6.07) is 10.3. The van der Waals surface area contributed by atoms with Gasteiger partial charge in [-0.2, -0.15) is 0 Å². The van der Waals surface area contributed by atoms with Crippen LogP contribution >= 0.6 is 23.1 Å². The van der Waals surface area contributed by atoms with Gasteiger partial charge in [0.2, 0.25) is 5.91 Å². The Kier molecular flexibility index (Phi) is 3.93. The first-order valence-electron chi connectivity index (χ1n) is 6.46. The predicted octanol–water partition coefficient (Wildman–Crippen LogP) is 2.76. The van der Waals surface area contributed by atoms with Crippen LogP contribution in [-0.4, -0.2) is 22.7 Å². The molecule has 1 aliphatic rings. The van der Waals surface area contributed by atoms with E-state index in [2.05, 4.69) is 10.3 Å². The standard InChI is InChI=1S/C14H15N3OS2/c15-13-12(9-4-2-1-3-5-9)17-14(20-13)19-8-11(18)16-10-6-7-10/h1-5,10H,6-8,15H2,(H,16,18). The Morgan fingerprint density at radius 2 is 2.15 bits per heavy atom. The van der Waals surface area contributed by atoms with Crippen molar-refractivity contribution < 1.29 is 4.79 Å². The highest BCUT2D eigenvalue weighted by Crippen LogP contribution is 2.35. The van der Waals surface area contributed by atoms with Gasteiger partial charge in [-0.25, -0.2) is 4.98 Å². The molecule has 20 heavy (non-hydrogen) atoms. The van der Waals surface area contributed by atoms with Gasteiger partial charge in [0.25, 0.3) is 0 Å². The molecular weight excluding hydrogens is 290 g/mol. The van der Waals surface area contributed by atoms with Crippen LogP contribution in [0.5, 0.6) is 0 Å². The van der Waals surface area contributed by atoms with Crippen molar-refractivity contribution in [2.45, 2.75) is 23.2 Å². The highest BCUT2D eigenvalue weighted by molar-refractivity contribution is 8.01. The molecule has 0 aliphatic heterocycles. The molecule has 0 bridgehead atoms. The van der Waals surface area contributed by atoms with E-state index in [4.69, 9.17) is 5.73 Å².